The van der Waals surface area contributed by atoms with E-state index in [-0.39, 0.29) is 11.9 Å². The van der Waals surface area contributed by atoms with Crippen LogP contribution in [0.3, 0.4) is 0 Å². The van der Waals surface area contributed by atoms with Crippen LogP contribution in [-0.2, 0) is 21.4 Å². The maximum Gasteiger partial charge on any atom is 0.320 e. The van der Waals surface area contributed by atoms with E-state index in [0.717, 1.165) is 23.3 Å². The number of carbonyl (C=O) groups is 1. The average molecular weight is 299 g/mol. The molecule has 2 bridgehead atoms. The molecular weight excluding hydrogens is 278 g/mol. The summed E-state index contributed by atoms with van der Waals surface area (Å²) in [5.41, 5.74) is 3.51. The van der Waals surface area contributed by atoms with E-state index in [4.69, 9.17) is 9.47 Å². The second-order valence-corrected chi connectivity index (χ2v) is 5.99. The van der Waals surface area contributed by atoms with E-state index in [1.54, 1.807) is 7.11 Å². The fourth-order valence-electron chi connectivity index (χ4n) is 4.03. The van der Waals surface area contributed by atoms with Crippen molar-refractivity contribution >= 4 is 5.97 Å². The quantitative estimate of drug-likeness (QED) is 0.622. The number of carbonyl (C=O) groups excluding carboxylic acids is 1. The van der Waals surface area contributed by atoms with E-state index >= 15 is 0 Å². The molecule has 1 unspecified atom stereocenters. The van der Waals surface area contributed by atoms with Crippen molar-refractivity contribution < 1.29 is 14.3 Å². The van der Waals surface area contributed by atoms with Gasteiger partial charge < -0.3 is 9.47 Å². The number of hydrogen-bond donors (Lipinski definition) is 0. The predicted octanol–water partition coefficient (Wildman–Crippen LogP) is 2.97. The first kappa shape index (κ1) is 14.8. The van der Waals surface area contributed by atoms with Gasteiger partial charge in [-0.3, -0.25) is 4.79 Å². The van der Waals surface area contributed by atoms with Gasteiger partial charge in [0.25, 0.3) is 0 Å². The van der Waals surface area contributed by atoms with Gasteiger partial charge >= 0.3 is 5.97 Å². The maximum absolute atomic E-state index is 12.8. The largest absolute Gasteiger partial charge is 0.481 e. The number of ether oxygens (including phenoxy) is 2. The second kappa shape index (κ2) is 5.27. The summed E-state index contributed by atoms with van der Waals surface area (Å²) >= 11 is 0. The van der Waals surface area contributed by atoms with Crippen LogP contribution in [0.25, 0.3) is 0 Å². The van der Waals surface area contributed by atoms with Crippen molar-refractivity contribution in [1.29, 1.82) is 0 Å². The Hall–Kier alpha value is -2.10. The van der Waals surface area contributed by atoms with Crippen molar-refractivity contribution in [2.45, 2.75) is 32.1 Å². The normalized spacial score (nSPS) is 27.9. The van der Waals surface area contributed by atoms with Crippen molar-refractivity contribution in [2.24, 2.45) is 5.92 Å². The molecule has 2 atom stereocenters. The van der Waals surface area contributed by atoms with Crippen LogP contribution < -0.4 is 4.74 Å². The van der Waals surface area contributed by atoms with E-state index in [1.165, 1.54) is 12.7 Å². The van der Waals surface area contributed by atoms with Gasteiger partial charge in [-0.25, -0.2) is 4.98 Å². The molecule has 2 aliphatic rings. The molecule has 0 aromatic carbocycles. The minimum absolute atomic E-state index is 0.199. The summed E-state index contributed by atoms with van der Waals surface area (Å²) < 4.78 is 10.4. The van der Waals surface area contributed by atoms with Crippen LogP contribution in [0.5, 0.6) is 5.88 Å². The lowest BCUT2D eigenvalue weighted by molar-refractivity contribution is -0.146. The third kappa shape index (κ3) is 1.90. The lowest BCUT2D eigenvalue weighted by Gasteiger charge is -2.45. The number of aromatic nitrogens is 1. The molecule has 0 N–H and O–H groups in total. The van der Waals surface area contributed by atoms with Crippen LogP contribution in [0.2, 0.25) is 0 Å². The van der Waals surface area contributed by atoms with E-state index in [9.17, 15) is 4.79 Å². The second-order valence-electron chi connectivity index (χ2n) is 5.99. The van der Waals surface area contributed by atoms with Crippen molar-refractivity contribution in [3.05, 3.63) is 46.7 Å². The number of hydrogen-bond acceptors (Lipinski definition) is 4. The molecule has 0 radical (unpaired) electrons. The van der Waals surface area contributed by atoms with Crippen LogP contribution in [0.1, 0.15) is 31.5 Å². The van der Waals surface area contributed by atoms with Crippen LogP contribution in [-0.4, -0.2) is 25.2 Å². The zero-order valence-corrected chi connectivity index (χ0v) is 13.5. The number of fused-ring (bicyclic) bond motifs is 4. The highest BCUT2D eigenvalue weighted by Gasteiger charge is 2.53. The molecule has 1 heterocycles. The van der Waals surface area contributed by atoms with Gasteiger partial charge in [0, 0.05) is 18.4 Å². The van der Waals surface area contributed by atoms with Gasteiger partial charge in [0.05, 0.1) is 19.9 Å². The molecule has 0 spiro atoms. The van der Waals surface area contributed by atoms with Crippen LogP contribution in [0, 0.1) is 5.92 Å². The summed E-state index contributed by atoms with van der Waals surface area (Å²) in [5.74, 6) is 0.581. The summed E-state index contributed by atoms with van der Waals surface area (Å²) in [6.07, 6.45) is 5.76. The first-order chi connectivity index (χ1) is 10.6. The monoisotopic (exact) mass is 299 g/mol. The average Bonchev–Trinajstić information content (AvgIpc) is 2.52. The van der Waals surface area contributed by atoms with E-state index < -0.39 is 5.41 Å². The van der Waals surface area contributed by atoms with Crippen molar-refractivity contribution in [2.75, 3.05) is 14.2 Å². The van der Waals surface area contributed by atoms with Crippen LogP contribution in [0.4, 0.5) is 0 Å². The lowest BCUT2D eigenvalue weighted by atomic mass is 9.58. The molecule has 0 fully saturated rings. The Morgan fingerprint density at radius 2 is 2.18 bits per heavy atom. The van der Waals surface area contributed by atoms with Crippen LogP contribution >= 0.6 is 0 Å². The number of nitrogens with zero attached hydrogens (tertiary/aromatic N) is 1. The third-order valence-electron chi connectivity index (χ3n) is 4.80. The number of allylic oxidation sites excluding steroid dienone is 3. The van der Waals surface area contributed by atoms with Gasteiger partial charge in [0.15, 0.2) is 0 Å². The fourth-order valence-corrected chi connectivity index (χ4v) is 4.03. The minimum Gasteiger partial charge on any atom is -0.481 e. The Morgan fingerprint density at radius 3 is 2.82 bits per heavy atom. The number of pyridine rings is 1. The number of methoxy groups -OCH3 is 2. The number of esters is 1. The molecule has 22 heavy (non-hydrogen) atoms. The molecule has 4 nitrogen and oxygen atoms in total. The molecule has 1 aromatic heterocycles. The zero-order valence-electron chi connectivity index (χ0n) is 13.5. The molecule has 0 saturated carbocycles. The first-order valence-electron chi connectivity index (χ1n) is 7.53. The Bertz CT molecular complexity index is 690. The predicted molar refractivity (Wildman–Crippen MR) is 83.8 cm³/mol. The van der Waals surface area contributed by atoms with Gasteiger partial charge in [-0.2, -0.15) is 0 Å². The van der Waals surface area contributed by atoms with Gasteiger partial charge in [-0.05, 0) is 31.4 Å². The summed E-state index contributed by atoms with van der Waals surface area (Å²) in [6, 6.07) is 3.79. The summed E-state index contributed by atoms with van der Waals surface area (Å²) in [4.78, 5) is 17.4. The highest BCUT2D eigenvalue weighted by atomic mass is 16.5. The SMILES string of the molecule is C/C=C1/C2C=C(C)C[C@@]1(C(=O)OC)c1ccc(OC)nc1C2. The maximum atomic E-state index is 12.8. The van der Waals surface area contributed by atoms with Crippen molar-refractivity contribution in [1.82, 2.24) is 4.98 Å². The minimum atomic E-state index is -0.736. The summed E-state index contributed by atoms with van der Waals surface area (Å²) in [5, 5.41) is 0. The summed E-state index contributed by atoms with van der Waals surface area (Å²) in [6.45, 7) is 4.08. The Morgan fingerprint density at radius 1 is 1.41 bits per heavy atom. The van der Waals surface area contributed by atoms with Crippen molar-refractivity contribution in [3.8, 4) is 5.88 Å². The Balaban J connectivity index is 2.29. The first-order valence-corrected chi connectivity index (χ1v) is 7.53. The summed E-state index contributed by atoms with van der Waals surface area (Å²) in [7, 11) is 3.06. The molecule has 2 aliphatic carbocycles. The highest BCUT2D eigenvalue weighted by molar-refractivity contribution is 5.89. The third-order valence-corrected chi connectivity index (χ3v) is 4.80. The molecule has 116 valence electrons. The standard InChI is InChI=1S/C18H21NO3/c1-5-13-12-8-11(2)10-18(13,17(20)22-4)14-6-7-16(21-3)19-15(14)9-12/h5-8,12H,9-10H2,1-4H3/b13-5-/t12?,18-/m0/s1. The van der Waals surface area contributed by atoms with E-state index in [2.05, 4.69) is 24.1 Å². The number of rotatable bonds is 2. The molecule has 0 saturated heterocycles. The zero-order chi connectivity index (χ0) is 15.9. The molecular formula is C18H21NO3. The van der Waals surface area contributed by atoms with Crippen molar-refractivity contribution in [3.63, 3.8) is 0 Å². The molecule has 3 rings (SSSR count). The van der Waals surface area contributed by atoms with Gasteiger partial charge in [-0.15, -0.1) is 0 Å². The Labute approximate surface area is 130 Å². The molecule has 0 aliphatic heterocycles. The van der Waals surface area contributed by atoms with Gasteiger partial charge in [0.2, 0.25) is 5.88 Å². The molecule has 4 heteroatoms. The highest BCUT2D eigenvalue weighted by Crippen LogP contribution is 2.52. The van der Waals surface area contributed by atoms with Gasteiger partial charge in [-0.1, -0.05) is 23.8 Å². The topological polar surface area (TPSA) is 48.4 Å². The van der Waals surface area contributed by atoms with Crippen LogP contribution in [0.15, 0.2) is 35.4 Å². The molecule has 0 amide bonds. The lowest BCUT2D eigenvalue weighted by Crippen LogP contribution is -2.47. The Kier molecular flexibility index (Phi) is 3.55. The fraction of sp³-hybridized carbons (Fsp3) is 0.444. The van der Waals surface area contributed by atoms with Gasteiger partial charge in [0.1, 0.15) is 5.41 Å². The molecule has 1 aromatic rings. The van der Waals surface area contributed by atoms with E-state index in [0.29, 0.717) is 12.3 Å². The van der Waals surface area contributed by atoms with E-state index in [1.807, 2.05) is 19.1 Å². The smallest absolute Gasteiger partial charge is 0.320 e.